The van der Waals surface area contributed by atoms with Gasteiger partial charge in [-0.3, -0.25) is 0 Å². The van der Waals surface area contributed by atoms with Gasteiger partial charge < -0.3 is 9.47 Å². The molecule has 0 unspecified atom stereocenters. The first kappa shape index (κ1) is 13.3. The lowest BCUT2D eigenvalue weighted by Crippen LogP contribution is -1.92. The lowest BCUT2D eigenvalue weighted by molar-refractivity contribution is 0.378. The summed E-state index contributed by atoms with van der Waals surface area (Å²) < 4.78 is 11.0. The van der Waals surface area contributed by atoms with Crippen LogP contribution in [0.3, 0.4) is 0 Å². The molecule has 2 aromatic rings. The van der Waals surface area contributed by atoms with Crippen LogP contribution >= 0.6 is 11.6 Å². The van der Waals surface area contributed by atoms with Crippen LogP contribution in [-0.4, -0.2) is 7.11 Å². The molecule has 96 valence electrons. The van der Waals surface area contributed by atoms with Gasteiger partial charge in [0.2, 0.25) is 0 Å². The number of ether oxygens (including phenoxy) is 2. The SMILES string of the molecule is COc1ccc(C)cc1Oc1ccc(C#N)cc1Cl. The Morgan fingerprint density at radius 1 is 1.05 bits per heavy atom. The van der Waals surface area contributed by atoms with Crippen LogP contribution in [0.5, 0.6) is 17.2 Å². The van der Waals surface area contributed by atoms with Gasteiger partial charge in [-0.1, -0.05) is 17.7 Å². The fourth-order valence-electron chi connectivity index (χ4n) is 1.64. The fraction of sp³-hybridized carbons (Fsp3) is 0.133. The summed E-state index contributed by atoms with van der Waals surface area (Å²) in [6.45, 7) is 1.96. The van der Waals surface area contributed by atoms with Crippen LogP contribution in [0.25, 0.3) is 0 Å². The molecule has 0 heterocycles. The number of nitrogens with zero attached hydrogens (tertiary/aromatic N) is 1. The van der Waals surface area contributed by atoms with Crippen molar-refractivity contribution >= 4 is 11.6 Å². The number of benzene rings is 2. The first-order valence-corrected chi connectivity index (χ1v) is 6.04. The Hall–Kier alpha value is -2.18. The molecule has 0 spiro atoms. The molecule has 2 aromatic carbocycles. The summed E-state index contributed by atoms with van der Waals surface area (Å²) in [6.07, 6.45) is 0. The molecule has 0 N–H and O–H groups in total. The highest BCUT2D eigenvalue weighted by atomic mass is 35.5. The van der Waals surface area contributed by atoms with E-state index in [0.717, 1.165) is 5.56 Å². The first-order chi connectivity index (χ1) is 9.13. The Morgan fingerprint density at radius 3 is 2.42 bits per heavy atom. The molecule has 0 saturated carbocycles. The maximum atomic E-state index is 8.79. The van der Waals surface area contributed by atoms with Crippen molar-refractivity contribution in [2.24, 2.45) is 0 Å². The van der Waals surface area contributed by atoms with Crippen LogP contribution in [0.1, 0.15) is 11.1 Å². The summed E-state index contributed by atoms with van der Waals surface area (Å²) in [4.78, 5) is 0. The van der Waals surface area contributed by atoms with Crippen LogP contribution in [0, 0.1) is 18.3 Å². The third kappa shape index (κ3) is 2.98. The highest BCUT2D eigenvalue weighted by Crippen LogP contribution is 2.35. The van der Waals surface area contributed by atoms with E-state index in [1.165, 1.54) is 0 Å². The number of halogens is 1. The highest BCUT2D eigenvalue weighted by Gasteiger charge is 2.09. The number of hydrogen-bond acceptors (Lipinski definition) is 3. The predicted octanol–water partition coefficient (Wildman–Crippen LogP) is 4.32. The Labute approximate surface area is 117 Å². The topological polar surface area (TPSA) is 42.2 Å². The second kappa shape index (κ2) is 5.64. The Kier molecular flexibility index (Phi) is 3.94. The summed E-state index contributed by atoms with van der Waals surface area (Å²) >= 11 is 6.08. The monoisotopic (exact) mass is 273 g/mol. The normalized spacial score (nSPS) is 9.79. The molecule has 2 rings (SSSR count). The van der Waals surface area contributed by atoms with Gasteiger partial charge >= 0.3 is 0 Å². The van der Waals surface area contributed by atoms with Gasteiger partial charge in [-0.25, -0.2) is 0 Å². The zero-order chi connectivity index (χ0) is 13.8. The van der Waals surface area contributed by atoms with Crippen molar-refractivity contribution in [1.29, 1.82) is 5.26 Å². The Bertz CT molecular complexity index is 647. The van der Waals surface area contributed by atoms with E-state index in [0.29, 0.717) is 27.8 Å². The molecule has 0 aliphatic rings. The summed E-state index contributed by atoms with van der Waals surface area (Å²) in [6, 6.07) is 12.6. The standard InChI is InChI=1S/C15H12ClNO2/c1-10-3-5-14(18-2)15(7-10)19-13-6-4-11(9-17)8-12(13)16/h3-8H,1-2H3. The smallest absolute Gasteiger partial charge is 0.169 e. The van der Waals surface area contributed by atoms with E-state index >= 15 is 0 Å². The van der Waals surface area contributed by atoms with E-state index in [1.54, 1.807) is 25.3 Å². The van der Waals surface area contributed by atoms with Crippen molar-refractivity contribution in [1.82, 2.24) is 0 Å². The van der Waals surface area contributed by atoms with Crippen LogP contribution in [0.15, 0.2) is 36.4 Å². The minimum atomic E-state index is 0.391. The van der Waals surface area contributed by atoms with E-state index in [2.05, 4.69) is 0 Å². The number of aryl methyl sites for hydroxylation is 1. The third-order valence-electron chi connectivity index (χ3n) is 2.60. The molecule has 0 bridgehead atoms. The molecule has 0 aliphatic heterocycles. The maximum Gasteiger partial charge on any atom is 0.169 e. The Morgan fingerprint density at radius 2 is 1.79 bits per heavy atom. The number of rotatable bonds is 3. The summed E-state index contributed by atoms with van der Waals surface area (Å²) in [5, 5.41) is 9.18. The molecule has 0 amide bonds. The zero-order valence-electron chi connectivity index (χ0n) is 10.6. The van der Waals surface area contributed by atoms with Gasteiger partial charge in [0.1, 0.15) is 5.75 Å². The molecule has 0 saturated heterocycles. The van der Waals surface area contributed by atoms with Crippen LogP contribution in [0.4, 0.5) is 0 Å². The molecular formula is C15H12ClNO2. The van der Waals surface area contributed by atoms with Crippen molar-refractivity contribution in [3.8, 4) is 23.3 Å². The van der Waals surface area contributed by atoms with Crippen molar-refractivity contribution in [3.63, 3.8) is 0 Å². The van der Waals surface area contributed by atoms with Crippen LogP contribution in [0.2, 0.25) is 5.02 Å². The van der Waals surface area contributed by atoms with Crippen molar-refractivity contribution in [2.75, 3.05) is 7.11 Å². The molecule has 4 heteroatoms. The number of nitriles is 1. The van der Waals surface area contributed by atoms with E-state index in [9.17, 15) is 0 Å². The van der Waals surface area contributed by atoms with Gasteiger partial charge in [-0.2, -0.15) is 5.26 Å². The summed E-state index contributed by atoms with van der Waals surface area (Å²) in [5.41, 5.74) is 1.55. The van der Waals surface area contributed by atoms with Gasteiger partial charge in [0.15, 0.2) is 11.5 Å². The first-order valence-electron chi connectivity index (χ1n) is 5.66. The highest BCUT2D eigenvalue weighted by molar-refractivity contribution is 6.32. The average molecular weight is 274 g/mol. The van der Waals surface area contributed by atoms with E-state index in [1.807, 2.05) is 31.2 Å². The summed E-state index contributed by atoms with van der Waals surface area (Å²) in [7, 11) is 1.58. The van der Waals surface area contributed by atoms with Gasteiger partial charge in [-0.05, 0) is 42.8 Å². The molecular weight excluding hydrogens is 262 g/mol. The molecule has 0 radical (unpaired) electrons. The van der Waals surface area contributed by atoms with Crippen LogP contribution < -0.4 is 9.47 Å². The lowest BCUT2D eigenvalue weighted by atomic mass is 10.2. The zero-order valence-corrected chi connectivity index (χ0v) is 11.4. The third-order valence-corrected chi connectivity index (χ3v) is 2.90. The van der Waals surface area contributed by atoms with Gasteiger partial charge in [0.25, 0.3) is 0 Å². The molecule has 0 aromatic heterocycles. The van der Waals surface area contributed by atoms with E-state index in [4.69, 9.17) is 26.3 Å². The predicted molar refractivity (Wildman–Crippen MR) is 74.0 cm³/mol. The van der Waals surface area contributed by atoms with Gasteiger partial charge in [-0.15, -0.1) is 0 Å². The molecule has 19 heavy (non-hydrogen) atoms. The molecule has 0 fully saturated rings. The fourth-order valence-corrected chi connectivity index (χ4v) is 1.85. The minimum absolute atomic E-state index is 0.391. The van der Waals surface area contributed by atoms with E-state index < -0.39 is 0 Å². The quantitative estimate of drug-likeness (QED) is 0.836. The molecule has 0 aliphatic carbocycles. The van der Waals surface area contributed by atoms with Crippen molar-refractivity contribution in [3.05, 3.63) is 52.5 Å². The molecule has 3 nitrogen and oxygen atoms in total. The largest absolute Gasteiger partial charge is 0.493 e. The lowest BCUT2D eigenvalue weighted by Gasteiger charge is -2.12. The Balaban J connectivity index is 2.36. The average Bonchev–Trinajstić information content (AvgIpc) is 2.41. The number of methoxy groups -OCH3 is 1. The molecule has 0 atom stereocenters. The van der Waals surface area contributed by atoms with Crippen molar-refractivity contribution < 1.29 is 9.47 Å². The van der Waals surface area contributed by atoms with Gasteiger partial charge in [0.05, 0.1) is 23.8 Å². The summed E-state index contributed by atoms with van der Waals surface area (Å²) in [5.74, 6) is 1.71. The van der Waals surface area contributed by atoms with Gasteiger partial charge in [0, 0.05) is 0 Å². The van der Waals surface area contributed by atoms with E-state index in [-0.39, 0.29) is 0 Å². The number of hydrogen-bond donors (Lipinski definition) is 0. The van der Waals surface area contributed by atoms with Crippen molar-refractivity contribution in [2.45, 2.75) is 6.92 Å². The van der Waals surface area contributed by atoms with Crippen LogP contribution in [-0.2, 0) is 0 Å². The maximum absolute atomic E-state index is 8.79. The second-order valence-corrected chi connectivity index (χ2v) is 4.42. The minimum Gasteiger partial charge on any atom is -0.493 e. The second-order valence-electron chi connectivity index (χ2n) is 4.01.